The van der Waals surface area contributed by atoms with Crippen LogP contribution in [0.4, 0.5) is 5.69 Å². The zero-order chi connectivity index (χ0) is 15.7. The van der Waals surface area contributed by atoms with Gasteiger partial charge in [0.2, 0.25) is 5.82 Å². The van der Waals surface area contributed by atoms with Gasteiger partial charge in [-0.15, -0.1) is 0 Å². The van der Waals surface area contributed by atoms with Gasteiger partial charge in [-0.25, -0.2) is 0 Å². The number of ether oxygens (including phenoxy) is 1. The van der Waals surface area contributed by atoms with Crippen LogP contribution in [0.15, 0.2) is 28.8 Å². The SMILES string of the molecule is C[C@H]1C[C@@H]1C(=O)OCc1nc(-c2cccc([N+](=O)[O-])c2)no1. The third-order valence-corrected chi connectivity index (χ3v) is 3.53. The molecule has 8 nitrogen and oxygen atoms in total. The van der Waals surface area contributed by atoms with Gasteiger partial charge in [-0.05, 0) is 12.3 Å². The van der Waals surface area contributed by atoms with Gasteiger partial charge in [-0.3, -0.25) is 14.9 Å². The second kappa shape index (κ2) is 5.55. The summed E-state index contributed by atoms with van der Waals surface area (Å²) in [6.07, 6.45) is 0.849. The summed E-state index contributed by atoms with van der Waals surface area (Å²) in [6, 6.07) is 5.91. The molecule has 0 bridgehead atoms. The summed E-state index contributed by atoms with van der Waals surface area (Å²) in [7, 11) is 0. The van der Waals surface area contributed by atoms with Gasteiger partial charge in [-0.1, -0.05) is 24.2 Å². The molecule has 0 N–H and O–H groups in total. The van der Waals surface area contributed by atoms with E-state index in [4.69, 9.17) is 9.26 Å². The molecule has 22 heavy (non-hydrogen) atoms. The fourth-order valence-electron chi connectivity index (χ4n) is 2.08. The molecule has 114 valence electrons. The highest BCUT2D eigenvalue weighted by atomic mass is 16.6. The van der Waals surface area contributed by atoms with Gasteiger partial charge < -0.3 is 9.26 Å². The maximum absolute atomic E-state index is 11.6. The predicted molar refractivity (Wildman–Crippen MR) is 73.5 cm³/mol. The van der Waals surface area contributed by atoms with Gasteiger partial charge in [0.05, 0.1) is 10.8 Å². The van der Waals surface area contributed by atoms with Crippen LogP contribution < -0.4 is 0 Å². The zero-order valence-corrected chi connectivity index (χ0v) is 11.8. The minimum absolute atomic E-state index is 0.0286. The van der Waals surface area contributed by atoms with Gasteiger partial charge in [-0.2, -0.15) is 4.98 Å². The first-order chi connectivity index (χ1) is 10.5. The number of carbonyl (C=O) groups is 1. The number of nitrogens with zero attached hydrogens (tertiary/aromatic N) is 3. The summed E-state index contributed by atoms with van der Waals surface area (Å²) >= 11 is 0. The third-order valence-electron chi connectivity index (χ3n) is 3.53. The van der Waals surface area contributed by atoms with E-state index in [0.29, 0.717) is 11.5 Å². The first-order valence-electron chi connectivity index (χ1n) is 6.78. The summed E-state index contributed by atoms with van der Waals surface area (Å²) in [6.45, 7) is 1.89. The van der Waals surface area contributed by atoms with Crippen molar-refractivity contribution in [1.29, 1.82) is 0 Å². The van der Waals surface area contributed by atoms with E-state index in [0.717, 1.165) is 6.42 Å². The lowest BCUT2D eigenvalue weighted by Crippen LogP contribution is -2.07. The smallest absolute Gasteiger partial charge is 0.309 e. The zero-order valence-electron chi connectivity index (χ0n) is 11.8. The fraction of sp³-hybridized carbons (Fsp3) is 0.357. The molecular formula is C14H13N3O5. The molecule has 8 heteroatoms. The quantitative estimate of drug-likeness (QED) is 0.473. The van der Waals surface area contributed by atoms with E-state index in [9.17, 15) is 14.9 Å². The molecule has 0 radical (unpaired) electrons. The third kappa shape index (κ3) is 2.95. The van der Waals surface area contributed by atoms with E-state index in [-0.39, 0.29) is 35.9 Å². The summed E-state index contributed by atoms with van der Waals surface area (Å²) in [4.78, 5) is 25.9. The Morgan fingerprint density at radius 1 is 1.55 bits per heavy atom. The molecule has 1 saturated carbocycles. The summed E-state index contributed by atoms with van der Waals surface area (Å²) in [5.41, 5.74) is 0.407. The fourth-order valence-corrected chi connectivity index (χ4v) is 2.08. The van der Waals surface area contributed by atoms with Crippen molar-refractivity contribution >= 4 is 11.7 Å². The van der Waals surface area contributed by atoms with E-state index >= 15 is 0 Å². The Kier molecular flexibility index (Phi) is 3.58. The minimum atomic E-state index is -0.497. The Morgan fingerprint density at radius 3 is 3.00 bits per heavy atom. The average molecular weight is 303 g/mol. The van der Waals surface area contributed by atoms with Crippen molar-refractivity contribution in [3.8, 4) is 11.4 Å². The van der Waals surface area contributed by atoms with Gasteiger partial charge in [0.15, 0.2) is 6.61 Å². The number of non-ortho nitro benzene ring substituents is 1. The van der Waals surface area contributed by atoms with Gasteiger partial charge in [0, 0.05) is 17.7 Å². The first kappa shape index (κ1) is 14.2. The number of carbonyl (C=O) groups excluding carboxylic acids is 1. The van der Waals surface area contributed by atoms with Crippen LogP contribution >= 0.6 is 0 Å². The standard InChI is InChI=1S/C14H13N3O5/c1-8-5-11(8)14(18)21-7-12-15-13(16-22-12)9-3-2-4-10(6-9)17(19)20/h2-4,6,8,11H,5,7H2,1H3/t8-,11-/m0/s1. The molecule has 3 rings (SSSR count). The molecule has 1 aliphatic rings. The second-order valence-corrected chi connectivity index (χ2v) is 5.25. The van der Waals surface area contributed by atoms with Crippen LogP contribution in [0.2, 0.25) is 0 Å². The Morgan fingerprint density at radius 2 is 2.32 bits per heavy atom. The van der Waals surface area contributed by atoms with Crippen LogP contribution in [0.1, 0.15) is 19.2 Å². The number of rotatable bonds is 5. The van der Waals surface area contributed by atoms with Crippen molar-refractivity contribution in [2.24, 2.45) is 11.8 Å². The molecule has 1 aliphatic carbocycles. The Balaban J connectivity index is 1.67. The lowest BCUT2D eigenvalue weighted by molar-refractivity contribution is -0.384. The van der Waals surface area contributed by atoms with E-state index < -0.39 is 4.92 Å². The number of aromatic nitrogens is 2. The molecule has 0 spiro atoms. The van der Waals surface area contributed by atoms with Crippen molar-refractivity contribution < 1.29 is 19.0 Å². The highest BCUT2D eigenvalue weighted by Crippen LogP contribution is 2.38. The molecule has 1 heterocycles. The molecular weight excluding hydrogens is 290 g/mol. The molecule has 1 aromatic heterocycles. The van der Waals surface area contributed by atoms with Crippen molar-refractivity contribution in [3.63, 3.8) is 0 Å². The number of hydrogen-bond donors (Lipinski definition) is 0. The van der Waals surface area contributed by atoms with E-state index in [2.05, 4.69) is 10.1 Å². The van der Waals surface area contributed by atoms with Crippen LogP contribution in [0.25, 0.3) is 11.4 Å². The number of benzene rings is 1. The van der Waals surface area contributed by atoms with Crippen molar-refractivity contribution in [2.45, 2.75) is 20.0 Å². The normalized spacial score (nSPS) is 19.7. The monoisotopic (exact) mass is 303 g/mol. The highest BCUT2D eigenvalue weighted by Gasteiger charge is 2.40. The van der Waals surface area contributed by atoms with E-state index in [1.807, 2.05) is 6.92 Å². The summed E-state index contributed by atoms with van der Waals surface area (Å²) in [5.74, 6) is 0.454. The Bertz CT molecular complexity index is 727. The van der Waals surface area contributed by atoms with Crippen LogP contribution in [0.5, 0.6) is 0 Å². The molecule has 0 aliphatic heterocycles. The molecule has 1 fully saturated rings. The molecule has 0 saturated heterocycles. The maximum Gasteiger partial charge on any atom is 0.309 e. The summed E-state index contributed by atoms with van der Waals surface area (Å²) in [5, 5.41) is 14.5. The topological polar surface area (TPSA) is 108 Å². The van der Waals surface area contributed by atoms with Gasteiger partial charge >= 0.3 is 5.97 Å². The van der Waals surface area contributed by atoms with Gasteiger partial charge in [0.25, 0.3) is 11.6 Å². The molecule has 1 aromatic carbocycles. The lowest BCUT2D eigenvalue weighted by Gasteiger charge is -1.99. The lowest BCUT2D eigenvalue weighted by atomic mass is 10.2. The van der Waals surface area contributed by atoms with E-state index in [1.54, 1.807) is 6.07 Å². The van der Waals surface area contributed by atoms with Crippen molar-refractivity contribution in [1.82, 2.24) is 10.1 Å². The molecule has 2 aromatic rings. The van der Waals surface area contributed by atoms with Crippen molar-refractivity contribution in [3.05, 3.63) is 40.3 Å². The number of esters is 1. The molecule has 0 unspecified atom stereocenters. The second-order valence-electron chi connectivity index (χ2n) is 5.25. The van der Waals surface area contributed by atoms with Gasteiger partial charge in [0.1, 0.15) is 0 Å². The average Bonchev–Trinajstić information content (AvgIpc) is 3.06. The number of hydrogen-bond acceptors (Lipinski definition) is 7. The van der Waals surface area contributed by atoms with Crippen LogP contribution in [0, 0.1) is 22.0 Å². The Hall–Kier alpha value is -2.77. The van der Waals surface area contributed by atoms with E-state index in [1.165, 1.54) is 18.2 Å². The number of nitro benzene ring substituents is 1. The molecule has 0 amide bonds. The number of nitro groups is 1. The minimum Gasteiger partial charge on any atom is -0.455 e. The first-order valence-corrected chi connectivity index (χ1v) is 6.78. The summed E-state index contributed by atoms with van der Waals surface area (Å²) < 4.78 is 10.1. The Labute approximate surface area is 125 Å². The predicted octanol–water partition coefficient (Wildman–Crippen LogP) is 2.34. The maximum atomic E-state index is 11.6. The van der Waals surface area contributed by atoms with Crippen molar-refractivity contribution in [2.75, 3.05) is 0 Å². The van der Waals surface area contributed by atoms with Crippen LogP contribution in [-0.4, -0.2) is 21.0 Å². The highest BCUT2D eigenvalue weighted by molar-refractivity contribution is 5.75. The molecule has 2 atom stereocenters. The van der Waals surface area contributed by atoms with Crippen LogP contribution in [0.3, 0.4) is 0 Å². The largest absolute Gasteiger partial charge is 0.455 e. The van der Waals surface area contributed by atoms with Crippen LogP contribution in [-0.2, 0) is 16.1 Å².